The summed E-state index contributed by atoms with van der Waals surface area (Å²) >= 11 is 5.29. The van der Waals surface area contributed by atoms with Gasteiger partial charge in [0.05, 0.1) is 31.4 Å². The van der Waals surface area contributed by atoms with Gasteiger partial charge in [-0.05, 0) is 63.0 Å². The SMILES string of the molecule is COc1cc([C@H]2NC(=S)NC(C)=C2C(=O)OC(C)C)ccc1OCCC(C)C. The Labute approximate surface area is 172 Å². The third-order valence-corrected chi connectivity index (χ3v) is 4.53. The number of hydrogen-bond donors (Lipinski definition) is 2. The Morgan fingerprint density at radius 1 is 1.21 bits per heavy atom. The number of carbonyl (C=O) groups excluding carboxylic acids is 1. The van der Waals surface area contributed by atoms with Crippen LogP contribution in [0.15, 0.2) is 29.5 Å². The lowest BCUT2D eigenvalue weighted by molar-refractivity contribution is -0.143. The quantitative estimate of drug-likeness (QED) is 0.502. The molecule has 0 amide bonds. The number of carbonyl (C=O) groups is 1. The Balaban J connectivity index is 2.33. The normalized spacial score (nSPS) is 16.7. The first-order valence-electron chi connectivity index (χ1n) is 9.52. The van der Waals surface area contributed by atoms with Crippen molar-refractivity contribution >= 4 is 23.3 Å². The fraction of sp³-hybridized carbons (Fsp3) is 0.524. The van der Waals surface area contributed by atoms with Gasteiger partial charge < -0.3 is 24.8 Å². The van der Waals surface area contributed by atoms with E-state index in [0.717, 1.165) is 12.0 Å². The number of allylic oxidation sites excluding steroid dienone is 1. The van der Waals surface area contributed by atoms with Gasteiger partial charge in [0.15, 0.2) is 16.6 Å². The lowest BCUT2D eigenvalue weighted by Crippen LogP contribution is -2.45. The van der Waals surface area contributed by atoms with Gasteiger partial charge in [-0.2, -0.15) is 0 Å². The second-order valence-corrected chi connectivity index (χ2v) is 7.87. The standard InChI is InChI=1S/C21H30N2O4S/c1-12(2)9-10-26-16-8-7-15(11-17(16)25-6)19-18(20(24)27-13(3)4)14(5)22-21(28)23-19/h7-8,11-13,19H,9-10H2,1-6H3,(H2,22,23,28)/t19-/m1/s1. The third-order valence-electron chi connectivity index (χ3n) is 4.31. The molecule has 6 nitrogen and oxygen atoms in total. The Morgan fingerprint density at radius 2 is 1.93 bits per heavy atom. The maximum Gasteiger partial charge on any atom is 0.338 e. The van der Waals surface area contributed by atoms with Crippen molar-refractivity contribution in [3.8, 4) is 11.5 Å². The van der Waals surface area contributed by atoms with E-state index in [2.05, 4.69) is 24.5 Å². The average molecular weight is 407 g/mol. The van der Waals surface area contributed by atoms with Crippen molar-refractivity contribution in [2.45, 2.75) is 53.2 Å². The highest BCUT2D eigenvalue weighted by atomic mass is 32.1. The molecular weight excluding hydrogens is 376 g/mol. The summed E-state index contributed by atoms with van der Waals surface area (Å²) < 4.78 is 16.8. The van der Waals surface area contributed by atoms with Gasteiger partial charge in [0.2, 0.25) is 0 Å². The van der Waals surface area contributed by atoms with Gasteiger partial charge in [0.25, 0.3) is 0 Å². The molecule has 0 aromatic heterocycles. The van der Waals surface area contributed by atoms with Crippen LogP contribution in [0, 0.1) is 5.92 Å². The fourth-order valence-electron chi connectivity index (χ4n) is 2.88. The molecule has 2 rings (SSSR count). The van der Waals surface area contributed by atoms with E-state index < -0.39 is 6.04 Å². The van der Waals surface area contributed by atoms with Crippen LogP contribution < -0.4 is 20.1 Å². The summed E-state index contributed by atoms with van der Waals surface area (Å²) in [5.41, 5.74) is 2.01. The summed E-state index contributed by atoms with van der Waals surface area (Å²) in [6.45, 7) is 10.4. The minimum atomic E-state index is -0.432. The number of methoxy groups -OCH3 is 1. The Hall–Kier alpha value is -2.28. The van der Waals surface area contributed by atoms with Gasteiger partial charge >= 0.3 is 5.97 Å². The molecule has 1 aromatic rings. The van der Waals surface area contributed by atoms with Crippen molar-refractivity contribution < 1.29 is 19.0 Å². The van der Waals surface area contributed by atoms with E-state index >= 15 is 0 Å². The van der Waals surface area contributed by atoms with Crippen LogP contribution in [0.4, 0.5) is 0 Å². The molecular formula is C21H30N2O4S. The van der Waals surface area contributed by atoms with Gasteiger partial charge in [-0.1, -0.05) is 19.9 Å². The molecule has 154 valence electrons. The lowest BCUT2D eigenvalue weighted by Gasteiger charge is -2.30. The van der Waals surface area contributed by atoms with Crippen molar-refractivity contribution in [3.63, 3.8) is 0 Å². The van der Waals surface area contributed by atoms with Crippen LogP contribution in [0.5, 0.6) is 11.5 Å². The van der Waals surface area contributed by atoms with Gasteiger partial charge in [-0.15, -0.1) is 0 Å². The van der Waals surface area contributed by atoms with Crippen molar-refractivity contribution in [1.29, 1.82) is 0 Å². The molecule has 7 heteroatoms. The number of esters is 1. The molecule has 0 unspecified atom stereocenters. The Morgan fingerprint density at radius 3 is 2.54 bits per heavy atom. The first-order valence-corrected chi connectivity index (χ1v) is 9.93. The number of ether oxygens (including phenoxy) is 3. The molecule has 2 N–H and O–H groups in total. The van der Waals surface area contributed by atoms with Gasteiger partial charge in [0, 0.05) is 5.70 Å². The summed E-state index contributed by atoms with van der Waals surface area (Å²) in [6.07, 6.45) is 0.746. The molecule has 28 heavy (non-hydrogen) atoms. The molecule has 0 saturated heterocycles. The Bertz CT molecular complexity index is 759. The van der Waals surface area contributed by atoms with E-state index in [4.69, 9.17) is 26.4 Å². The highest BCUT2D eigenvalue weighted by Gasteiger charge is 2.32. The molecule has 0 fully saturated rings. The molecule has 1 aromatic carbocycles. The van der Waals surface area contributed by atoms with Crippen LogP contribution in [-0.2, 0) is 9.53 Å². The van der Waals surface area contributed by atoms with Crippen molar-refractivity contribution in [2.75, 3.05) is 13.7 Å². The van der Waals surface area contributed by atoms with Crippen LogP contribution in [0.1, 0.15) is 52.6 Å². The number of rotatable bonds is 8. The van der Waals surface area contributed by atoms with E-state index in [-0.39, 0.29) is 12.1 Å². The van der Waals surface area contributed by atoms with Crippen molar-refractivity contribution in [1.82, 2.24) is 10.6 Å². The number of thiocarbonyl (C=S) groups is 1. The van der Waals surface area contributed by atoms with Crippen LogP contribution >= 0.6 is 12.2 Å². The largest absolute Gasteiger partial charge is 0.493 e. The van der Waals surface area contributed by atoms with E-state index in [1.165, 1.54) is 0 Å². The monoisotopic (exact) mass is 406 g/mol. The highest BCUT2D eigenvalue weighted by molar-refractivity contribution is 7.80. The second-order valence-electron chi connectivity index (χ2n) is 7.47. The zero-order valence-corrected chi connectivity index (χ0v) is 18.2. The minimum Gasteiger partial charge on any atom is -0.493 e. The van der Waals surface area contributed by atoms with Crippen LogP contribution in [0.2, 0.25) is 0 Å². The van der Waals surface area contributed by atoms with Crippen LogP contribution in [0.3, 0.4) is 0 Å². The average Bonchev–Trinajstić information content (AvgIpc) is 2.60. The molecule has 0 aliphatic carbocycles. The number of benzene rings is 1. The maximum atomic E-state index is 12.7. The smallest absolute Gasteiger partial charge is 0.338 e. The molecule has 1 heterocycles. The zero-order chi connectivity index (χ0) is 20.8. The predicted molar refractivity (Wildman–Crippen MR) is 113 cm³/mol. The molecule has 0 radical (unpaired) electrons. The number of nitrogens with one attached hydrogen (secondary N) is 2. The highest BCUT2D eigenvalue weighted by Crippen LogP contribution is 2.34. The second kappa shape index (κ2) is 9.78. The molecule has 1 aliphatic heterocycles. The van der Waals surface area contributed by atoms with E-state index in [0.29, 0.717) is 40.4 Å². The Kier molecular flexibility index (Phi) is 7.69. The zero-order valence-electron chi connectivity index (χ0n) is 17.4. The minimum absolute atomic E-state index is 0.214. The van der Waals surface area contributed by atoms with Crippen molar-refractivity contribution in [2.24, 2.45) is 5.92 Å². The molecule has 1 atom stereocenters. The molecule has 0 bridgehead atoms. The van der Waals surface area contributed by atoms with Gasteiger partial charge in [-0.25, -0.2) is 4.79 Å². The summed E-state index contributed by atoms with van der Waals surface area (Å²) in [5.74, 6) is 1.47. The first kappa shape index (κ1) is 22.0. The topological polar surface area (TPSA) is 68.8 Å². The van der Waals surface area contributed by atoms with Gasteiger partial charge in [-0.3, -0.25) is 0 Å². The van der Waals surface area contributed by atoms with E-state index in [9.17, 15) is 4.79 Å². The third kappa shape index (κ3) is 5.61. The van der Waals surface area contributed by atoms with Crippen LogP contribution in [0.25, 0.3) is 0 Å². The predicted octanol–water partition coefficient (Wildman–Crippen LogP) is 3.86. The fourth-order valence-corrected chi connectivity index (χ4v) is 3.15. The maximum absolute atomic E-state index is 12.7. The summed E-state index contributed by atoms with van der Waals surface area (Å²) in [7, 11) is 1.60. The molecule has 0 spiro atoms. The summed E-state index contributed by atoms with van der Waals surface area (Å²) in [5, 5.41) is 6.62. The van der Waals surface area contributed by atoms with E-state index in [1.54, 1.807) is 7.11 Å². The summed E-state index contributed by atoms with van der Waals surface area (Å²) in [4.78, 5) is 12.7. The summed E-state index contributed by atoms with van der Waals surface area (Å²) in [6, 6.07) is 5.21. The van der Waals surface area contributed by atoms with Gasteiger partial charge in [0.1, 0.15) is 0 Å². The molecule has 0 saturated carbocycles. The van der Waals surface area contributed by atoms with E-state index in [1.807, 2.05) is 39.0 Å². The van der Waals surface area contributed by atoms with Crippen LogP contribution in [-0.4, -0.2) is 30.9 Å². The lowest BCUT2D eigenvalue weighted by atomic mass is 9.95. The number of hydrogen-bond acceptors (Lipinski definition) is 5. The van der Waals surface area contributed by atoms with Crippen molar-refractivity contribution in [3.05, 3.63) is 35.0 Å². The molecule has 1 aliphatic rings. The first-order chi connectivity index (χ1) is 13.2.